The van der Waals surface area contributed by atoms with Crippen LogP contribution in [0.1, 0.15) is 47.0 Å². The van der Waals surface area contributed by atoms with Crippen LogP contribution in [0.5, 0.6) is 0 Å². The molecule has 4 fully saturated rings. The van der Waals surface area contributed by atoms with Crippen molar-refractivity contribution in [1.82, 2.24) is 0 Å². The molecule has 0 aromatic heterocycles. The Hall–Kier alpha value is -0.695. The highest BCUT2D eigenvalue weighted by atomic mass is 31.2. The van der Waals surface area contributed by atoms with Gasteiger partial charge in [-0.05, 0) is 43.6 Å². The van der Waals surface area contributed by atoms with Crippen molar-refractivity contribution in [2.75, 3.05) is 20.0 Å². The van der Waals surface area contributed by atoms with Crippen LogP contribution in [0, 0.1) is 28.6 Å². The second-order valence-corrected chi connectivity index (χ2v) is 13.3. The standard InChI is InChI=1S/C22H32BO8P/c1-11(2)21-7-14(21)16-22(31-16)19(3)6-5-12-13(8-27-17(12)24)15(19)9-29-20(22,4)18(21)28-10-30-32(23,25)26/h11,14-16,18H,5-10,23H2,1-4H3,(H,25,26)/t14-,15-,16-,18-,19-,20+,21+,22+/m0/s1. The van der Waals surface area contributed by atoms with Crippen LogP contribution in [0.15, 0.2) is 11.1 Å². The van der Waals surface area contributed by atoms with Gasteiger partial charge in [-0.3, -0.25) is 9.09 Å². The SMILES string of the molecule is BP(=O)(O)OCO[C@@H]1[C@@]2(C(C)C)C[C@H]2[C@@H]2O[C@@]23[C@@]2(C)CCC4=C(COC4=O)[C@@H]2CO[C@]13C. The summed E-state index contributed by atoms with van der Waals surface area (Å²) < 4.78 is 42.0. The van der Waals surface area contributed by atoms with Crippen molar-refractivity contribution in [3.63, 3.8) is 0 Å². The van der Waals surface area contributed by atoms with Gasteiger partial charge < -0.3 is 23.8 Å². The molecule has 1 unspecified atom stereocenters. The van der Waals surface area contributed by atoms with Crippen LogP contribution in [-0.2, 0) is 32.8 Å². The van der Waals surface area contributed by atoms with Gasteiger partial charge in [0.15, 0.2) is 6.79 Å². The molecule has 176 valence electrons. The largest absolute Gasteiger partial charge is 0.458 e. The Morgan fingerprint density at radius 2 is 2.09 bits per heavy atom. The van der Waals surface area contributed by atoms with Crippen molar-refractivity contribution in [2.24, 2.45) is 28.6 Å². The average Bonchev–Trinajstić information content (AvgIpc) is 3.57. The first-order chi connectivity index (χ1) is 14.9. The summed E-state index contributed by atoms with van der Waals surface area (Å²) in [6, 6.07) is 0. The minimum absolute atomic E-state index is 0.0753. The summed E-state index contributed by atoms with van der Waals surface area (Å²) in [7, 11) is -2.49. The number of cyclic esters (lactones) is 1. The van der Waals surface area contributed by atoms with Crippen molar-refractivity contribution in [3.8, 4) is 0 Å². The molecule has 0 radical (unpaired) electrons. The first-order valence-corrected chi connectivity index (χ1v) is 13.7. The maximum atomic E-state index is 12.2. The van der Waals surface area contributed by atoms with Crippen LogP contribution in [0.25, 0.3) is 0 Å². The molecule has 3 aliphatic heterocycles. The molecule has 1 N–H and O–H groups in total. The van der Waals surface area contributed by atoms with Gasteiger partial charge >= 0.3 is 5.97 Å². The second kappa shape index (κ2) is 6.29. The Kier molecular flexibility index (Phi) is 4.29. The number of hydrogen-bond donors (Lipinski definition) is 1. The predicted octanol–water partition coefficient (Wildman–Crippen LogP) is 1.95. The van der Waals surface area contributed by atoms with Crippen LogP contribution < -0.4 is 0 Å². The Morgan fingerprint density at radius 3 is 2.78 bits per heavy atom. The van der Waals surface area contributed by atoms with E-state index in [0.29, 0.717) is 31.5 Å². The third-order valence-corrected chi connectivity index (χ3v) is 10.5. The molecule has 2 saturated carbocycles. The van der Waals surface area contributed by atoms with E-state index < -0.39 is 18.7 Å². The predicted molar refractivity (Wildman–Crippen MR) is 115 cm³/mol. The van der Waals surface area contributed by atoms with Gasteiger partial charge in [0.1, 0.15) is 17.8 Å². The third-order valence-electron chi connectivity index (χ3n) is 9.93. The van der Waals surface area contributed by atoms with Gasteiger partial charge in [0.2, 0.25) is 0 Å². The number of ether oxygens (including phenoxy) is 4. The molecular weight excluding hydrogens is 434 g/mol. The molecule has 10 heteroatoms. The minimum atomic E-state index is -3.65. The Labute approximate surface area is 189 Å². The zero-order chi connectivity index (χ0) is 22.9. The summed E-state index contributed by atoms with van der Waals surface area (Å²) in [5.41, 5.74) is 0.353. The molecule has 0 amide bonds. The van der Waals surface area contributed by atoms with Crippen molar-refractivity contribution in [2.45, 2.75) is 70.4 Å². The number of rotatable bonds is 5. The monoisotopic (exact) mass is 466 g/mol. The normalized spacial score (nSPS) is 52.2. The number of fused-ring (bicyclic) bond motifs is 4. The molecule has 8 nitrogen and oxygen atoms in total. The molecule has 6 aliphatic rings. The van der Waals surface area contributed by atoms with Crippen molar-refractivity contribution in [1.29, 1.82) is 0 Å². The minimum Gasteiger partial charge on any atom is -0.458 e. The van der Waals surface area contributed by atoms with Crippen molar-refractivity contribution >= 4 is 21.0 Å². The lowest BCUT2D eigenvalue weighted by Crippen LogP contribution is -2.73. The van der Waals surface area contributed by atoms with Crippen LogP contribution in [0.3, 0.4) is 0 Å². The van der Waals surface area contributed by atoms with E-state index in [2.05, 4.69) is 27.7 Å². The van der Waals surface area contributed by atoms with Gasteiger partial charge in [0.25, 0.3) is 15.0 Å². The zero-order valence-electron chi connectivity index (χ0n) is 19.4. The third kappa shape index (κ3) is 2.38. The zero-order valence-corrected chi connectivity index (χ0v) is 20.3. The quantitative estimate of drug-likeness (QED) is 0.216. The summed E-state index contributed by atoms with van der Waals surface area (Å²) in [5.74, 6) is 0.595. The highest BCUT2D eigenvalue weighted by Crippen LogP contribution is 2.82. The van der Waals surface area contributed by atoms with E-state index in [1.807, 2.05) is 0 Å². The Morgan fingerprint density at radius 1 is 1.34 bits per heavy atom. The summed E-state index contributed by atoms with van der Waals surface area (Å²) >= 11 is 0. The van der Waals surface area contributed by atoms with Gasteiger partial charge in [-0.2, -0.15) is 0 Å². The average molecular weight is 466 g/mol. The molecule has 32 heavy (non-hydrogen) atoms. The molecule has 6 rings (SSSR count). The van der Waals surface area contributed by atoms with Gasteiger partial charge in [0, 0.05) is 22.3 Å². The fourth-order valence-corrected chi connectivity index (χ4v) is 8.55. The van der Waals surface area contributed by atoms with Gasteiger partial charge in [-0.25, -0.2) is 4.79 Å². The van der Waals surface area contributed by atoms with Crippen LogP contribution in [0.2, 0.25) is 0 Å². The number of epoxide rings is 1. The summed E-state index contributed by atoms with van der Waals surface area (Å²) in [4.78, 5) is 21.8. The summed E-state index contributed by atoms with van der Waals surface area (Å²) in [5, 5.41) is 0. The van der Waals surface area contributed by atoms with Crippen LogP contribution >= 0.6 is 7.47 Å². The van der Waals surface area contributed by atoms with Crippen LogP contribution in [0.4, 0.5) is 0 Å². The van der Waals surface area contributed by atoms with E-state index in [0.717, 1.165) is 24.0 Å². The molecular formula is C22H32BO8P. The fourth-order valence-electron chi connectivity index (χ4n) is 8.29. The number of hydrogen-bond acceptors (Lipinski definition) is 7. The number of esters is 1. The number of carbonyl (C=O) groups is 1. The summed E-state index contributed by atoms with van der Waals surface area (Å²) in [6.45, 7) is 9.38. The topological polar surface area (TPSA) is 104 Å². The molecule has 1 spiro atoms. The van der Waals surface area contributed by atoms with E-state index in [9.17, 15) is 14.3 Å². The maximum absolute atomic E-state index is 12.2. The van der Waals surface area contributed by atoms with Crippen molar-refractivity contribution in [3.05, 3.63) is 11.1 Å². The molecule has 3 aliphatic carbocycles. The molecule has 0 aromatic carbocycles. The van der Waals surface area contributed by atoms with Gasteiger partial charge in [-0.1, -0.05) is 20.8 Å². The first kappa shape index (κ1) is 21.8. The second-order valence-electron chi connectivity index (χ2n) is 11.4. The van der Waals surface area contributed by atoms with E-state index in [-0.39, 0.29) is 41.7 Å². The lowest BCUT2D eigenvalue weighted by molar-refractivity contribution is -0.278. The van der Waals surface area contributed by atoms with E-state index >= 15 is 0 Å². The van der Waals surface area contributed by atoms with E-state index in [4.69, 9.17) is 23.5 Å². The van der Waals surface area contributed by atoms with Gasteiger partial charge in [0.05, 0.1) is 18.8 Å². The van der Waals surface area contributed by atoms with Gasteiger partial charge in [-0.15, -0.1) is 0 Å². The Balaban J connectivity index is 1.40. The lowest BCUT2D eigenvalue weighted by atomic mass is 9.49. The molecule has 9 atom stereocenters. The number of carbonyl (C=O) groups excluding carboxylic acids is 1. The summed E-state index contributed by atoms with van der Waals surface area (Å²) in [6.07, 6.45) is 2.30. The van der Waals surface area contributed by atoms with Crippen LogP contribution in [-0.4, -0.2) is 61.8 Å². The maximum Gasteiger partial charge on any atom is 0.334 e. The molecule has 3 heterocycles. The van der Waals surface area contributed by atoms with E-state index in [1.54, 1.807) is 0 Å². The Bertz CT molecular complexity index is 977. The van der Waals surface area contributed by atoms with E-state index in [1.165, 1.54) is 7.57 Å². The van der Waals surface area contributed by atoms with Crippen molar-refractivity contribution < 1.29 is 37.7 Å². The lowest BCUT2D eigenvalue weighted by Gasteiger charge is -2.61. The molecule has 0 aromatic rings. The molecule has 0 bridgehead atoms. The smallest absolute Gasteiger partial charge is 0.334 e. The molecule has 2 saturated heterocycles. The first-order valence-electron chi connectivity index (χ1n) is 11.7. The highest BCUT2D eigenvalue weighted by molar-refractivity contribution is 7.78. The highest BCUT2D eigenvalue weighted by Gasteiger charge is 2.92. The fraction of sp³-hybridized carbons (Fsp3) is 0.864.